The number of aryl methyl sites for hydroxylation is 1. The number of hydrogen-bond donors (Lipinski definition) is 1. The summed E-state index contributed by atoms with van der Waals surface area (Å²) >= 11 is 0. The minimum Gasteiger partial charge on any atom is -0.377 e. The highest BCUT2D eigenvalue weighted by atomic mass is 19.4. The number of halogens is 3. The summed E-state index contributed by atoms with van der Waals surface area (Å²) in [5.41, 5.74) is 2.26. The number of aromatic nitrogens is 1. The van der Waals surface area contributed by atoms with E-state index in [1.165, 1.54) is 23.4 Å². The van der Waals surface area contributed by atoms with Crippen molar-refractivity contribution in [2.24, 2.45) is 0 Å². The van der Waals surface area contributed by atoms with E-state index in [9.17, 15) is 13.2 Å². The van der Waals surface area contributed by atoms with Gasteiger partial charge in [-0.3, -0.25) is 0 Å². The first-order valence-corrected chi connectivity index (χ1v) is 6.41. The molecule has 104 valence electrons. The van der Waals surface area contributed by atoms with E-state index in [2.05, 4.69) is 22.4 Å². The second kappa shape index (κ2) is 4.81. The van der Waals surface area contributed by atoms with Gasteiger partial charge in [0.15, 0.2) is 0 Å². The Balaban J connectivity index is 1.76. The Morgan fingerprint density at radius 2 is 1.90 bits per heavy atom. The topological polar surface area (TPSA) is 24.9 Å². The lowest BCUT2D eigenvalue weighted by atomic mass is 10.1. The molecular formula is C15H13F3N2. The predicted molar refractivity (Wildman–Crippen MR) is 70.4 cm³/mol. The van der Waals surface area contributed by atoms with Gasteiger partial charge < -0.3 is 5.32 Å². The zero-order valence-electron chi connectivity index (χ0n) is 10.6. The van der Waals surface area contributed by atoms with E-state index < -0.39 is 11.9 Å². The molecule has 0 bridgehead atoms. The third-order valence-electron chi connectivity index (χ3n) is 3.53. The minimum atomic E-state index is -4.39. The van der Waals surface area contributed by atoms with Crippen LogP contribution in [-0.4, -0.2) is 4.98 Å². The number of nitrogens with zero attached hydrogens (tertiary/aromatic N) is 1. The van der Waals surface area contributed by atoms with Gasteiger partial charge in [-0.1, -0.05) is 24.3 Å². The van der Waals surface area contributed by atoms with E-state index in [0.29, 0.717) is 5.69 Å². The highest BCUT2D eigenvalue weighted by Gasteiger charge is 2.32. The minimum absolute atomic E-state index is 0.143. The molecule has 20 heavy (non-hydrogen) atoms. The number of benzene rings is 1. The molecule has 5 heteroatoms. The lowest BCUT2D eigenvalue weighted by Crippen LogP contribution is -2.10. The van der Waals surface area contributed by atoms with Gasteiger partial charge in [-0.15, -0.1) is 0 Å². The van der Waals surface area contributed by atoms with Crippen molar-refractivity contribution in [2.45, 2.75) is 25.1 Å². The summed E-state index contributed by atoms with van der Waals surface area (Å²) in [5, 5.41) is 3.25. The summed E-state index contributed by atoms with van der Waals surface area (Å²) in [4.78, 5) is 3.46. The quantitative estimate of drug-likeness (QED) is 0.890. The smallest absolute Gasteiger partial charge is 0.377 e. The number of nitrogens with one attached hydrogen (secondary N) is 1. The van der Waals surface area contributed by atoms with E-state index in [0.717, 1.165) is 18.9 Å². The van der Waals surface area contributed by atoms with Crippen LogP contribution in [0.2, 0.25) is 0 Å². The van der Waals surface area contributed by atoms with Crippen LogP contribution in [0.1, 0.15) is 29.3 Å². The fourth-order valence-corrected chi connectivity index (χ4v) is 2.56. The van der Waals surface area contributed by atoms with Crippen molar-refractivity contribution in [1.82, 2.24) is 4.98 Å². The molecule has 0 spiro atoms. The first kappa shape index (κ1) is 13.0. The van der Waals surface area contributed by atoms with Crippen molar-refractivity contribution >= 4 is 5.69 Å². The van der Waals surface area contributed by atoms with Gasteiger partial charge in [0.05, 0.1) is 17.9 Å². The molecule has 2 aromatic rings. The molecule has 1 aliphatic rings. The van der Waals surface area contributed by atoms with Crippen LogP contribution in [0.5, 0.6) is 0 Å². The van der Waals surface area contributed by atoms with E-state index in [4.69, 9.17) is 0 Å². The number of rotatable bonds is 2. The van der Waals surface area contributed by atoms with Crippen LogP contribution in [0, 0.1) is 0 Å². The second-order valence-electron chi connectivity index (χ2n) is 4.86. The van der Waals surface area contributed by atoms with Crippen LogP contribution in [0.25, 0.3) is 0 Å². The predicted octanol–water partition coefficient (Wildman–Crippen LogP) is 4.20. The number of anilines is 1. The molecule has 0 saturated carbocycles. The molecule has 0 fully saturated rings. The summed E-state index contributed by atoms with van der Waals surface area (Å²) < 4.78 is 37.3. The second-order valence-corrected chi connectivity index (χ2v) is 4.86. The van der Waals surface area contributed by atoms with Crippen molar-refractivity contribution < 1.29 is 13.2 Å². The maximum Gasteiger partial charge on any atom is 0.433 e. The fourth-order valence-electron chi connectivity index (χ4n) is 2.56. The molecule has 0 aliphatic heterocycles. The summed E-state index contributed by atoms with van der Waals surface area (Å²) in [6.07, 6.45) is -1.22. The van der Waals surface area contributed by atoms with Gasteiger partial charge in [0.2, 0.25) is 0 Å². The third kappa shape index (κ3) is 2.48. The largest absolute Gasteiger partial charge is 0.433 e. The Kier molecular flexibility index (Phi) is 3.12. The summed E-state index contributed by atoms with van der Waals surface area (Å²) in [7, 11) is 0. The Morgan fingerprint density at radius 3 is 2.60 bits per heavy atom. The molecule has 2 nitrogen and oxygen atoms in total. The monoisotopic (exact) mass is 278 g/mol. The van der Waals surface area contributed by atoms with Crippen molar-refractivity contribution in [1.29, 1.82) is 0 Å². The Hall–Kier alpha value is -2.04. The van der Waals surface area contributed by atoms with Crippen molar-refractivity contribution in [2.75, 3.05) is 5.32 Å². The van der Waals surface area contributed by atoms with Gasteiger partial charge in [-0.2, -0.15) is 13.2 Å². The summed E-state index contributed by atoms with van der Waals surface area (Å²) in [5.74, 6) is 0. The van der Waals surface area contributed by atoms with E-state index in [1.807, 2.05) is 12.1 Å². The lowest BCUT2D eigenvalue weighted by molar-refractivity contribution is -0.141. The molecule has 1 aromatic carbocycles. The van der Waals surface area contributed by atoms with Gasteiger partial charge in [0, 0.05) is 0 Å². The molecule has 0 saturated heterocycles. The van der Waals surface area contributed by atoms with Crippen LogP contribution in [0.3, 0.4) is 0 Å². The maximum absolute atomic E-state index is 12.4. The van der Waals surface area contributed by atoms with Gasteiger partial charge in [0.1, 0.15) is 5.69 Å². The third-order valence-corrected chi connectivity index (χ3v) is 3.53. The highest BCUT2D eigenvalue weighted by Crippen LogP contribution is 2.34. The first-order valence-electron chi connectivity index (χ1n) is 6.41. The first-order chi connectivity index (χ1) is 9.54. The number of pyridine rings is 1. The zero-order valence-corrected chi connectivity index (χ0v) is 10.6. The van der Waals surface area contributed by atoms with E-state index >= 15 is 0 Å². The molecule has 0 amide bonds. The van der Waals surface area contributed by atoms with Crippen LogP contribution < -0.4 is 5.32 Å². The van der Waals surface area contributed by atoms with Crippen LogP contribution in [0.4, 0.5) is 18.9 Å². The molecule has 1 heterocycles. The standard InChI is InChI=1S/C15H13F3N2/c16-15(17,18)14-8-6-11(9-19-14)20-13-7-5-10-3-1-2-4-12(10)13/h1-4,6,8-9,13,20H,5,7H2. The van der Waals surface area contributed by atoms with Gasteiger partial charge in [-0.05, 0) is 36.1 Å². The average molecular weight is 278 g/mol. The number of hydrogen-bond acceptors (Lipinski definition) is 2. The Morgan fingerprint density at radius 1 is 1.10 bits per heavy atom. The lowest BCUT2D eigenvalue weighted by Gasteiger charge is -2.15. The van der Waals surface area contributed by atoms with E-state index in [1.54, 1.807) is 0 Å². The molecule has 0 radical (unpaired) electrons. The molecule has 1 unspecified atom stereocenters. The van der Waals surface area contributed by atoms with Gasteiger partial charge in [-0.25, -0.2) is 4.98 Å². The molecule has 1 N–H and O–H groups in total. The van der Waals surface area contributed by atoms with Crippen LogP contribution >= 0.6 is 0 Å². The number of fused-ring (bicyclic) bond motifs is 1. The van der Waals surface area contributed by atoms with Crippen LogP contribution in [-0.2, 0) is 12.6 Å². The van der Waals surface area contributed by atoms with Gasteiger partial charge >= 0.3 is 6.18 Å². The van der Waals surface area contributed by atoms with E-state index in [-0.39, 0.29) is 6.04 Å². The zero-order chi connectivity index (χ0) is 14.2. The molecular weight excluding hydrogens is 265 g/mol. The number of alkyl halides is 3. The summed E-state index contributed by atoms with van der Waals surface area (Å²) in [6.45, 7) is 0. The highest BCUT2D eigenvalue weighted by molar-refractivity contribution is 5.47. The fraction of sp³-hybridized carbons (Fsp3) is 0.267. The van der Waals surface area contributed by atoms with Crippen LogP contribution in [0.15, 0.2) is 42.6 Å². The normalized spacial score (nSPS) is 17.9. The molecule has 3 rings (SSSR count). The average Bonchev–Trinajstić information content (AvgIpc) is 2.82. The van der Waals surface area contributed by atoms with Crippen molar-refractivity contribution in [3.63, 3.8) is 0 Å². The maximum atomic E-state index is 12.4. The van der Waals surface area contributed by atoms with Crippen molar-refractivity contribution in [3.8, 4) is 0 Å². The Labute approximate surface area is 114 Å². The van der Waals surface area contributed by atoms with Crippen molar-refractivity contribution in [3.05, 3.63) is 59.4 Å². The Bertz CT molecular complexity index is 605. The molecule has 1 aliphatic carbocycles. The summed E-state index contributed by atoms with van der Waals surface area (Å²) in [6, 6.07) is 10.7. The molecule has 1 aromatic heterocycles. The SMILES string of the molecule is FC(F)(F)c1ccc(NC2CCc3ccccc32)cn1. The van der Waals surface area contributed by atoms with Gasteiger partial charge in [0.25, 0.3) is 0 Å². The molecule has 1 atom stereocenters.